The van der Waals surface area contributed by atoms with Crippen LogP contribution in [0.3, 0.4) is 0 Å². The fourth-order valence-corrected chi connectivity index (χ4v) is 1.67. The number of carbonyl (C=O) groups excluding carboxylic acids is 1. The molecule has 0 atom stereocenters. The first-order chi connectivity index (χ1) is 5.82. The Hall–Kier alpha value is -0.910. The summed E-state index contributed by atoms with van der Waals surface area (Å²) < 4.78 is 36.2. The van der Waals surface area contributed by atoms with Crippen LogP contribution in [0.4, 0.5) is 13.2 Å². The molecule has 0 radical (unpaired) electrons. The summed E-state index contributed by atoms with van der Waals surface area (Å²) in [5, 5.41) is -0.963. The molecule has 0 bridgehead atoms. The fraction of sp³-hybridized carbons (Fsp3) is 0.429. The summed E-state index contributed by atoms with van der Waals surface area (Å²) in [6, 6.07) is 0. The van der Waals surface area contributed by atoms with Crippen molar-refractivity contribution in [2.75, 3.05) is 0 Å². The molecule has 0 spiro atoms. The van der Waals surface area contributed by atoms with Crippen molar-refractivity contribution >= 4 is 17.1 Å². The number of aromatic nitrogens is 1. The van der Waals surface area contributed by atoms with E-state index in [1.807, 2.05) is 0 Å². The summed E-state index contributed by atoms with van der Waals surface area (Å²) in [4.78, 5) is 14.2. The quantitative estimate of drug-likeness (QED) is 0.665. The molecule has 0 aliphatic heterocycles. The minimum absolute atomic E-state index is 0.0762. The number of thiazole rings is 1. The topological polar surface area (TPSA) is 30.0 Å². The molecule has 0 amide bonds. The monoisotopic (exact) mass is 209 g/mol. The molecule has 72 valence electrons. The van der Waals surface area contributed by atoms with E-state index in [1.54, 1.807) is 0 Å². The maximum Gasteiger partial charge on any atom is 0.443 e. The molecule has 0 fully saturated rings. The molecule has 0 aliphatic rings. The summed E-state index contributed by atoms with van der Waals surface area (Å²) in [5.41, 5.74) is 0.143. The number of alkyl halides is 3. The highest BCUT2D eigenvalue weighted by Gasteiger charge is 2.35. The second-order valence-electron chi connectivity index (χ2n) is 2.49. The normalized spacial score (nSPS) is 11.8. The van der Waals surface area contributed by atoms with E-state index < -0.39 is 11.2 Å². The molecule has 0 saturated carbocycles. The second kappa shape index (κ2) is 3.10. The molecule has 2 nitrogen and oxygen atoms in total. The minimum Gasteiger partial charge on any atom is -0.294 e. The van der Waals surface area contributed by atoms with Gasteiger partial charge in [-0.2, -0.15) is 13.2 Å². The lowest BCUT2D eigenvalue weighted by molar-refractivity contribution is -0.137. The third kappa shape index (κ3) is 2.06. The number of aryl methyl sites for hydroxylation is 1. The maximum absolute atomic E-state index is 12.1. The van der Waals surface area contributed by atoms with Gasteiger partial charge in [-0.15, -0.1) is 11.3 Å². The predicted molar refractivity (Wildman–Crippen MR) is 41.9 cm³/mol. The van der Waals surface area contributed by atoms with E-state index in [0.717, 1.165) is 0 Å². The van der Waals surface area contributed by atoms with Gasteiger partial charge >= 0.3 is 6.18 Å². The van der Waals surface area contributed by atoms with E-state index in [2.05, 4.69) is 4.98 Å². The van der Waals surface area contributed by atoms with E-state index in [0.29, 0.717) is 11.3 Å². The number of ketones is 1. The molecule has 1 aromatic heterocycles. The summed E-state index contributed by atoms with van der Waals surface area (Å²) in [7, 11) is 0. The SMILES string of the molecule is CC(=O)c1sc(C(F)(F)F)nc1C. The summed E-state index contributed by atoms with van der Waals surface area (Å²) in [5.74, 6) is -0.384. The molecule has 0 saturated heterocycles. The van der Waals surface area contributed by atoms with Gasteiger partial charge in [-0.05, 0) is 6.92 Å². The van der Waals surface area contributed by atoms with E-state index in [9.17, 15) is 18.0 Å². The van der Waals surface area contributed by atoms with Crippen LogP contribution >= 0.6 is 11.3 Å². The van der Waals surface area contributed by atoms with Gasteiger partial charge in [0.2, 0.25) is 0 Å². The van der Waals surface area contributed by atoms with E-state index in [-0.39, 0.29) is 16.4 Å². The lowest BCUT2D eigenvalue weighted by atomic mass is 10.3. The van der Waals surface area contributed by atoms with Gasteiger partial charge in [-0.25, -0.2) is 4.98 Å². The first kappa shape index (κ1) is 10.2. The van der Waals surface area contributed by atoms with Crippen molar-refractivity contribution in [2.24, 2.45) is 0 Å². The van der Waals surface area contributed by atoms with Crippen LogP contribution in [0.15, 0.2) is 0 Å². The highest BCUT2D eigenvalue weighted by Crippen LogP contribution is 2.33. The molecular formula is C7H6F3NOS. The Morgan fingerprint density at radius 3 is 2.23 bits per heavy atom. The Morgan fingerprint density at radius 1 is 1.46 bits per heavy atom. The Kier molecular flexibility index (Phi) is 2.42. The van der Waals surface area contributed by atoms with Gasteiger partial charge in [0.05, 0.1) is 10.6 Å². The Bertz CT molecular complexity index is 342. The Labute approximate surface area is 76.4 Å². The maximum atomic E-state index is 12.1. The largest absolute Gasteiger partial charge is 0.443 e. The van der Waals surface area contributed by atoms with Crippen molar-refractivity contribution in [1.82, 2.24) is 4.98 Å². The van der Waals surface area contributed by atoms with Gasteiger partial charge in [0, 0.05) is 6.92 Å². The standard InChI is InChI=1S/C7H6F3NOS/c1-3-5(4(2)12)13-6(11-3)7(8,9)10/h1-2H3. The summed E-state index contributed by atoms with van der Waals surface area (Å²) in [6.45, 7) is 2.61. The Morgan fingerprint density at radius 2 is 2.00 bits per heavy atom. The van der Waals surface area contributed by atoms with Crippen LogP contribution in [0.25, 0.3) is 0 Å². The summed E-state index contributed by atoms with van der Waals surface area (Å²) in [6.07, 6.45) is -4.46. The number of rotatable bonds is 1. The van der Waals surface area contributed by atoms with Crippen molar-refractivity contribution in [2.45, 2.75) is 20.0 Å². The van der Waals surface area contributed by atoms with E-state index in [1.165, 1.54) is 13.8 Å². The van der Waals surface area contributed by atoms with Gasteiger partial charge in [0.1, 0.15) is 0 Å². The second-order valence-corrected chi connectivity index (χ2v) is 3.49. The van der Waals surface area contributed by atoms with E-state index in [4.69, 9.17) is 0 Å². The van der Waals surface area contributed by atoms with Gasteiger partial charge in [-0.3, -0.25) is 4.79 Å². The summed E-state index contributed by atoms with van der Waals surface area (Å²) >= 11 is 0.389. The zero-order chi connectivity index (χ0) is 10.2. The van der Waals surface area contributed by atoms with Gasteiger partial charge in [0.25, 0.3) is 0 Å². The average Bonchev–Trinajstić information content (AvgIpc) is 2.29. The molecule has 0 unspecified atom stereocenters. The van der Waals surface area contributed by atoms with Crippen LogP contribution in [-0.4, -0.2) is 10.8 Å². The van der Waals surface area contributed by atoms with Crippen LogP contribution < -0.4 is 0 Å². The number of hydrogen-bond donors (Lipinski definition) is 0. The van der Waals surface area contributed by atoms with Crippen LogP contribution in [-0.2, 0) is 6.18 Å². The lowest BCUT2D eigenvalue weighted by Gasteiger charge is -1.98. The smallest absolute Gasteiger partial charge is 0.294 e. The predicted octanol–water partition coefficient (Wildman–Crippen LogP) is 2.67. The molecule has 0 aliphatic carbocycles. The number of nitrogens with zero attached hydrogens (tertiary/aromatic N) is 1. The molecule has 1 rings (SSSR count). The van der Waals surface area contributed by atoms with Crippen LogP contribution in [0, 0.1) is 6.92 Å². The van der Waals surface area contributed by atoms with Crippen molar-refractivity contribution in [3.05, 3.63) is 15.6 Å². The van der Waals surface area contributed by atoms with Crippen LogP contribution in [0.1, 0.15) is 27.3 Å². The molecule has 1 heterocycles. The van der Waals surface area contributed by atoms with E-state index >= 15 is 0 Å². The average molecular weight is 209 g/mol. The zero-order valence-electron chi connectivity index (χ0n) is 6.90. The fourth-order valence-electron chi connectivity index (χ4n) is 0.844. The Balaban J connectivity index is 3.17. The van der Waals surface area contributed by atoms with Gasteiger partial charge < -0.3 is 0 Å². The number of carbonyl (C=O) groups is 1. The first-order valence-corrected chi connectivity index (χ1v) is 4.19. The number of Topliss-reactive ketones (excluding diaryl/α,β-unsaturated/α-hetero) is 1. The number of hydrogen-bond acceptors (Lipinski definition) is 3. The van der Waals surface area contributed by atoms with Crippen molar-refractivity contribution in [1.29, 1.82) is 0 Å². The molecule has 13 heavy (non-hydrogen) atoms. The molecular weight excluding hydrogens is 203 g/mol. The zero-order valence-corrected chi connectivity index (χ0v) is 7.71. The van der Waals surface area contributed by atoms with Crippen molar-refractivity contribution < 1.29 is 18.0 Å². The first-order valence-electron chi connectivity index (χ1n) is 3.38. The van der Waals surface area contributed by atoms with Gasteiger partial charge in [-0.1, -0.05) is 0 Å². The lowest BCUT2D eigenvalue weighted by Crippen LogP contribution is -2.03. The third-order valence-electron chi connectivity index (χ3n) is 1.36. The molecule has 1 aromatic rings. The van der Waals surface area contributed by atoms with Crippen LogP contribution in [0.5, 0.6) is 0 Å². The molecule has 0 aromatic carbocycles. The minimum atomic E-state index is -4.46. The van der Waals surface area contributed by atoms with Crippen molar-refractivity contribution in [3.8, 4) is 0 Å². The third-order valence-corrected chi connectivity index (χ3v) is 2.66. The van der Waals surface area contributed by atoms with Crippen molar-refractivity contribution in [3.63, 3.8) is 0 Å². The molecule has 6 heteroatoms. The highest BCUT2D eigenvalue weighted by atomic mass is 32.1. The highest BCUT2D eigenvalue weighted by molar-refractivity contribution is 7.13. The van der Waals surface area contributed by atoms with Crippen LogP contribution in [0.2, 0.25) is 0 Å². The van der Waals surface area contributed by atoms with Gasteiger partial charge in [0.15, 0.2) is 10.8 Å². The number of halogens is 3. The molecule has 0 N–H and O–H groups in total.